The summed E-state index contributed by atoms with van der Waals surface area (Å²) in [4.78, 5) is 8.78. The number of nitrogen functional groups attached to an aromatic ring is 1. The number of nitrogens with zero attached hydrogens (tertiary/aromatic N) is 4. The summed E-state index contributed by atoms with van der Waals surface area (Å²) < 4.78 is 1.80. The highest BCUT2D eigenvalue weighted by Gasteiger charge is 2.10. The Labute approximate surface area is 139 Å². The van der Waals surface area contributed by atoms with Gasteiger partial charge in [-0.3, -0.25) is 4.98 Å². The van der Waals surface area contributed by atoms with Crippen molar-refractivity contribution in [3.63, 3.8) is 0 Å². The maximum absolute atomic E-state index is 5.76. The predicted molar refractivity (Wildman–Crippen MR) is 94.4 cm³/mol. The maximum Gasteiger partial charge on any atom is 0.165 e. The molecule has 6 heteroatoms. The molecule has 0 atom stereocenters. The number of fused-ring (bicyclic) bond motifs is 1. The van der Waals surface area contributed by atoms with E-state index in [9.17, 15) is 0 Å². The second-order valence-electron chi connectivity index (χ2n) is 5.42. The van der Waals surface area contributed by atoms with Gasteiger partial charge in [0.15, 0.2) is 5.65 Å². The highest BCUT2D eigenvalue weighted by molar-refractivity contribution is 5.78. The second-order valence-corrected chi connectivity index (χ2v) is 5.42. The first-order valence-electron chi connectivity index (χ1n) is 7.64. The first kappa shape index (κ1) is 14.2. The van der Waals surface area contributed by atoms with Crippen molar-refractivity contribution < 1.29 is 0 Å². The quantitative estimate of drug-likeness (QED) is 0.566. The molecule has 0 radical (unpaired) electrons. The minimum Gasteiger partial charge on any atom is -0.399 e. The maximum atomic E-state index is 5.76. The van der Waals surface area contributed by atoms with Crippen molar-refractivity contribution in [2.45, 2.75) is 6.54 Å². The molecule has 118 valence electrons. The topological polar surface area (TPSA) is 81.1 Å². The molecule has 0 saturated carbocycles. The lowest BCUT2D eigenvalue weighted by Crippen LogP contribution is -2.06. The molecule has 24 heavy (non-hydrogen) atoms. The number of nitrogens with two attached hydrogens (primary N) is 1. The average Bonchev–Trinajstić information content (AvgIpc) is 3.06. The van der Waals surface area contributed by atoms with Crippen molar-refractivity contribution >= 4 is 17.2 Å². The molecule has 0 saturated heterocycles. The van der Waals surface area contributed by atoms with Crippen molar-refractivity contribution in [3.8, 4) is 11.1 Å². The molecule has 0 unspecified atom stereocenters. The molecule has 3 aromatic heterocycles. The Morgan fingerprint density at radius 1 is 0.958 bits per heavy atom. The molecule has 0 spiro atoms. The third-order valence-electron chi connectivity index (χ3n) is 3.80. The smallest absolute Gasteiger partial charge is 0.165 e. The molecule has 0 aliphatic carbocycles. The van der Waals surface area contributed by atoms with Gasteiger partial charge in [-0.05, 0) is 35.9 Å². The van der Waals surface area contributed by atoms with E-state index in [4.69, 9.17) is 5.73 Å². The van der Waals surface area contributed by atoms with Crippen molar-refractivity contribution in [3.05, 3.63) is 72.8 Å². The molecule has 3 heterocycles. The molecular weight excluding hydrogens is 300 g/mol. The van der Waals surface area contributed by atoms with Crippen molar-refractivity contribution in [2.75, 3.05) is 11.1 Å². The molecule has 6 nitrogen and oxygen atoms in total. The lowest BCUT2D eigenvalue weighted by molar-refractivity contribution is 0.917. The standard InChI is InChI=1S/C18H16N6/c19-14-6-4-13(5-7-14)16-12-23-24-17(8-10-21-18(16)24)22-11-15-3-1-2-9-20-15/h1-10,12,22H,11,19H2. The van der Waals surface area contributed by atoms with Crippen LogP contribution in [-0.2, 0) is 6.54 Å². The third kappa shape index (κ3) is 2.65. The van der Waals surface area contributed by atoms with Gasteiger partial charge in [-0.15, -0.1) is 0 Å². The molecular formula is C18H16N6. The van der Waals surface area contributed by atoms with E-state index in [0.717, 1.165) is 34.0 Å². The summed E-state index contributed by atoms with van der Waals surface area (Å²) in [5.74, 6) is 0.868. The van der Waals surface area contributed by atoms with Crippen LogP contribution in [0.3, 0.4) is 0 Å². The van der Waals surface area contributed by atoms with Crippen molar-refractivity contribution in [1.82, 2.24) is 19.6 Å². The first-order valence-corrected chi connectivity index (χ1v) is 7.64. The zero-order valence-electron chi connectivity index (χ0n) is 12.9. The highest BCUT2D eigenvalue weighted by atomic mass is 15.3. The van der Waals surface area contributed by atoms with E-state index < -0.39 is 0 Å². The number of aromatic nitrogens is 4. The van der Waals surface area contributed by atoms with E-state index in [-0.39, 0.29) is 0 Å². The normalized spacial score (nSPS) is 10.8. The number of anilines is 2. The SMILES string of the molecule is Nc1ccc(-c2cnn3c(NCc4ccccn4)ccnc23)cc1. The van der Waals surface area contributed by atoms with Crippen LogP contribution >= 0.6 is 0 Å². The van der Waals surface area contributed by atoms with Gasteiger partial charge in [-0.1, -0.05) is 18.2 Å². The average molecular weight is 316 g/mol. The molecule has 0 bridgehead atoms. The van der Waals surface area contributed by atoms with Crippen LogP contribution in [0.5, 0.6) is 0 Å². The fourth-order valence-corrected chi connectivity index (χ4v) is 2.58. The lowest BCUT2D eigenvalue weighted by atomic mass is 10.1. The van der Waals surface area contributed by atoms with E-state index in [1.807, 2.05) is 54.7 Å². The van der Waals surface area contributed by atoms with Gasteiger partial charge in [-0.25, -0.2) is 4.98 Å². The van der Waals surface area contributed by atoms with Crippen LogP contribution in [0.4, 0.5) is 11.5 Å². The third-order valence-corrected chi connectivity index (χ3v) is 3.80. The van der Waals surface area contributed by atoms with Crippen LogP contribution in [0, 0.1) is 0 Å². The number of nitrogens with one attached hydrogen (secondary N) is 1. The summed E-state index contributed by atoms with van der Waals surface area (Å²) in [6, 6.07) is 15.5. The van der Waals surface area contributed by atoms with E-state index in [0.29, 0.717) is 6.54 Å². The summed E-state index contributed by atoms with van der Waals surface area (Å²) in [6.45, 7) is 0.622. The molecule has 4 aromatic rings. The van der Waals surface area contributed by atoms with Gasteiger partial charge in [0.1, 0.15) is 5.82 Å². The summed E-state index contributed by atoms with van der Waals surface area (Å²) in [5, 5.41) is 7.83. The largest absolute Gasteiger partial charge is 0.399 e. The minimum atomic E-state index is 0.622. The molecule has 0 aliphatic rings. The predicted octanol–water partition coefficient (Wildman–Crippen LogP) is 2.99. The Kier molecular flexibility index (Phi) is 3.55. The van der Waals surface area contributed by atoms with Crippen LogP contribution < -0.4 is 11.1 Å². The zero-order chi connectivity index (χ0) is 16.4. The van der Waals surface area contributed by atoms with Gasteiger partial charge in [0.05, 0.1) is 18.4 Å². The lowest BCUT2D eigenvalue weighted by Gasteiger charge is -2.08. The molecule has 1 aromatic carbocycles. The fraction of sp³-hybridized carbons (Fsp3) is 0.0556. The Bertz CT molecular complexity index is 960. The van der Waals surface area contributed by atoms with Gasteiger partial charge < -0.3 is 11.1 Å². The Morgan fingerprint density at radius 2 is 1.83 bits per heavy atom. The summed E-state index contributed by atoms with van der Waals surface area (Å²) >= 11 is 0. The van der Waals surface area contributed by atoms with Gasteiger partial charge in [0, 0.05) is 23.6 Å². The van der Waals surface area contributed by atoms with E-state index in [1.165, 1.54) is 0 Å². The van der Waals surface area contributed by atoms with Crippen LogP contribution in [0.25, 0.3) is 16.8 Å². The van der Waals surface area contributed by atoms with Gasteiger partial charge >= 0.3 is 0 Å². The number of rotatable bonds is 4. The van der Waals surface area contributed by atoms with Gasteiger partial charge in [0.25, 0.3) is 0 Å². The van der Waals surface area contributed by atoms with E-state index in [1.54, 1.807) is 16.9 Å². The molecule has 3 N–H and O–H groups in total. The molecule has 0 amide bonds. The van der Waals surface area contributed by atoms with Gasteiger partial charge in [-0.2, -0.15) is 9.61 Å². The number of hydrogen-bond acceptors (Lipinski definition) is 5. The van der Waals surface area contributed by atoms with Crippen molar-refractivity contribution in [2.24, 2.45) is 0 Å². The van der Waals surface area contributed by atoms with Crippen LogP contribution in [0.2, 0.25) is 0 Å². The van der Waals surface area contributed by atoms with Crippen LogP contribution in [0.1, 0.15) is 5.69 Å². The summed E-state index contributed by atoms with van der Waals surface area (Å²) in [6.07, 6.45) is 5.38. The summed E-state index contributed by atoms with van der Waals surface area (Å²) in [5.41, 5.74) is 10.3. The van der Waals surface area contributed by atoms with Gasteiger partial charge in [0.2, 0.25) is 0 Å². The number of pyridine rings is 1. The number of benzene rings is 1. The highest BCUT2D eigenvalue weighted by Crippen LogP contribution is 2.25. The Morgan fingerprint density at radius 3 is 2.62 bits per heavy atom. The van der Waals surface area contributed by atoms with Crippen LogP contribution in [-0.4, -0.2) is 19.6 Å². The Balaban J connectivity index is 1.67. The molecule has 4 rings (SSSR count). The molecule has 0 aliphatic heterocycles. The number of hydrogen-bond donors (Lipinski definition) is 2. The van der Waals surface area contributed by atoms with E-state index in [2.05, 4.69) is 20.4 Å². The van der Waals surface area contributed by atoms with Crippen molar-refractivity contribution in [1.29, 1.82) is 0 Å². The first-order chi connectivity index (χ1) is 11.8. The second kappa shape index (κ2) is 6.00. The summed E-state index contributed by atoms with van der Waals surface area (Å²) in [7, 11) is 0. The van der Waals surface area contributed by atoms with E-state index >= 15 is 0 Å². The monoisotopic (exact) mass is 316 g/mol. The molecule has 0 fully saturated rings. The Hall–Kier alpha value is -3.41. The fourth-order valence-electron chi connectivity index (χ4n) is 2.58. The van der Waals surface area contributed by atoms with Crippen LogP contribution in [0.15, 0.2) is 67.1 Å². The zero-order valence-corrected chi connectivity index (χ0v) is 12.9. The minimum absolute atomic E-state index is 0.622.